The monoisotopic (exact) mass is 378 g/mol. The molecule has 2 aromatic rings. The van der Waals surface area contributed by atoms with Gasteiger partial charge in [0.25, 0.3) is 0 Å². The highest BCUT2D eigenvalue weighted by Gasteiger charge is 2.13. The van der Waals surface area contributed by atoms with Crippen molar-refractivity contribution in [1.29, 1.82) is 5.41 Å². The molecule has 0 aliphatic heterocycles. The van der Waals surface area contributed by atoms with E-state index in [4.69, 9.17) is 15.3 Å². The Morgan fingerprint density at radius 1 is 1.15 bits per heavy atom. The van der Waals surface area contributed by atoms with Crippen LogP contribution in [0.25, 0.3) is 0 Å². The number of ether oxygens (including phenoxy) is 1. The van der Waals surface area contributed by atoms with Gasteiger partial charge in [-0.05, 0) is 31.5 Å². The van der Waals surface area contributed by atoms with E-state index in [9.17, 15) is 8.42 Å². The number of benzene rings is 1. The molecule has 0 saturated heterocycles. The Hall–Kier alpha value is -2.72. The molecule has 0 fully saturated rings. The standard InChI is InChI=1S/C16H22N6O3S/c1-3-19-14-13(9-17)15(22-16(21-14)25-4-2)20-10-11-5-7-12(8-6-11)26(18,23)24/h5-9,17H,3-4,10H2,1-2H3,(H2,18,23,24)(H2,19,20,21,22). The maximum atomic E-state index is 11.3. The second-order valence-corrected chi connectivity index (χ2v) is 6.83. The first-order chi connectivity index (χ1) is 12.4. The molecule has 0 aliphatic carbocycles. The molecule has 0 radical (unpaired) electrons. The molecule has 0 saturated carbocycles. The summed E-state index contributed by atoms with van der Waals surface area (Å²) in [6.45, 7) is 5.19. The Balaban J connectivity index is 2.25. The van der Waals surface area contributed by atoms with E-state index in [1.807, 2.05) is 13.8 Å². The van der Waals surface area contributed by atoms with Gasteiger partial charge >= 0.3 is 6.01 Å². The molecule has 0 aliphatic rings. The van der Waals surface area contributed by atoms with Crippen molar-refractivity contribution in [3.05, 3.63) is 35.4 Å². The number of nitrogens with two attached hydrogens (primary N) is 1. The summed E-state index contributed by atoms with van der Waals surface area (Å²) in [7, 11) is -3.72. The van der Waals surface area contributed by atoms with Gasteiger partial charge in [-0.15, -0.1) is 0 Å². The average Bonchev–Trinajstić information content (AvgIpc) is 2.60. The molecule has 140 valence electrons. The number of sulfonamides is 1. The van der Waals surface area contributed by atoms with E-state index in [1.54, 1.807) is 12.1 Å². The Morgan fingerprint density at radius 3 is 2.27 bits per heavy atom. The molecular formula is C16H22N6O3S. The first-order valence-corrected chi connectivity index (χ1v) is 9.58. The smallest absolute Gasteiger partial charge is 0.320 e. The van der Waals surface area contributed by atoms with Crippen molar-refractivity contribution >= 4 is 27.9 Å². The maximum absolute atomic E-state index is 11.3. The molecule has 2 rings (SSSR count). The first-order valence-electron chi connectivity index (χ1n) is 8.03. The molecule has 10 heteroatoms. The van der Waals surface area contributed by atoms with Gasteiger partial charge in [0.05, 0.1) is 17.1 Å². The Morgan fingerprint density at radius 2 is 1.77 bits per heavy atom. The lowest BCUT2D eigenvalue weighted by atomic mass is 10.2. The van der Waals surface area contributed by atoms with Crippen LogP contribution < -0.4 is 20.5 Å². The molecule has 0 bridgehead atoms. The van der Waals surface area contributed by atoms with Crippen molar-refractivity contribution in [3.8, 4) is 6.01 Å². The van der Waals surface area contributed by atoms with Crippen molar-refractivity contribution in [3.63, 3.8) is 0 Å². The van der Waals surface area contributed by atoms with Gasteiger partial charge < -0.3 is 20.8 Å². The predicted molar refractivity (Wildman–Crippen MR) is 100 cm³/mol. The minimum atomic E-state index is -3.72. The zero-order chi connectivity index (χ0) is 19.2. The van der Waals surface area contributed by atoms with Crippen LogP contribution in [0, 0.1) is 5.41 Å². The molecule has 1 heterocycles. The van der Waals surface area contributed by atoms with Gasteiger partial charge in [0.2, 0.25) is 10.0 Å². The molecule has 0 amide bonds. The van der Waals surface area contributed by atoms with E-state index in [0.717, 1.165) is 5.56 Å². The second-order valence-electron chi connectivity index (χ2n) is 5.27. The highest BCUT2D eigenvalue weighted by Crippen LogP contribution is 2.23. The molecule has 0 atom stereocenters. The number of rotatable bonds is 9. The Labute approximate surface area is 152 Å². The van der Waals surface area contributed by atoms with Crippen molar-refractivity contribution in [2.45, 2.75) is 25.3 Å². The number of hydrogen-bond donors (Lipinski definition) is 4. The second kappa shape index (κ2) is 8.59. The van der Waals surface area contributed by atoms with Crippen LogP contribution in [0.2, 0.25) is 0 Å². The highest BCUT2D eigenvalue weighted by atomic mass is 32.2. The summed E-state index contributed by atoms with van der Waals surface area (Å²) in [6.07, 6.45) is 1.17. The highest BCUT2D eigenvalue weighted by molar-refractivity contribution is 7.89. The maximum Gasteiger partial charge on any atom is 0.320 e. The van der Waals surface area contributed by atoms with Crippen molar-refractivity contribution in [2.24, 2.45) is 5.14 Å². The van der Waals surface area contributed by atoms with E-state index < -0.39 is 10.0 Å². The van der Waals surface area contributed by atoms with Crippen LogP contribution >= 0.6 is 0 Å². The van der Waals surface area contributed by atoms with Crippen LogP contribution in [0.15, 0.2) is 29.2 Å². The number of primary sulfonamides is 1. The van der Waals surface area contributed by atoms with Crippen molar-refractivity contribution < 1.29 is 13.2 Å². The van der Waals surface area contributed by atoms with Crippen molar-refractivity contribution in [2.75, 3.05) is 23.8 Å². The average molecular weight is 378 g/mol. The SMILES string of the molecule is CCNc1nc(OCC)nc(NCc2ccc(S(N)(=O)=O)cc2)c1C=N. The topological polar surface area (TPSA) is 143 Å². The molecule has 0 spiro atoms. The minimum absolute atomic E-state index is 0.0523. The molecule has 1 aromatic carbocycles. The molecule has 1 aromatic heterocycles. The lowest BCUT2D eigenvalue weighted by molar-refractivity contribution is 0.313. The van der Waals surface area contributed by atoms with E-state index in [0.29, 0.717) is 36.9 Å². The predicted octanol–water partition coefficient (Wildman–Crippen LogP) is 1.56. The first kappa shape index (κ1) is 19.6. The third-order valence-electron chi connectivity index (χ3n) is 3.40. The summed E-state index contributed by atoms with van der Waals surface area (Å²) in [6, 6.07) is 6.42. The van der Waals surface area contributed by atoms with E-state index in [-0.39, 0.29) is 10.9 Å². The number of nitrogens with one attached hydrogen (secondary N) is 3. The van der Waals surface area contributed by atoms with Gasteiger partial charge in [0.1, 0.15) is 11.6 Å². The summed E-state index contributed by atoms with van der Waals surface area (Å²) in [5.41, 5.74) is 1.34. The number of hydrogen-bond acceptors (Lipinski definition) is 8. The van der Waals surface area contributed by atoms with Gasteiger partial charge in [-0.2, -0.15) is 9.97 Å². The summed E-state index contributed by atoms with van der Waals surface area (Å²) >= 11 is 0. The Bertz CT molecular complexity index is 868. The fourth-order valence-electron chi connectivity index (χ4n) is 2.20. The molecule has 26 heavy (non-hydrogen) atoms. The third kappa shape index (κ3) is 4.90. The van der Waals surface area contributed by atoms with Crippen LogP contribution in [-0.4, -0.2) is 37.8 Å². The quantitative estimate of drug-likeness (QED) is 0.485. The zero-order valence-electron chi connectivity index (χ0n) is 14.6. The lowest BCUT2D eigenvalue weighted by Crippen LogP contribution is -2.13. The largest absolute Gasteiger partial charge is 0.464 e. The lowest BCUT2D eigenvalue weighted by Gasteiger charge is -2.14. The van der Waals surface area contributed by atoms with Gasteiger partial charge in [-0.3, -0.25) is 0 Å². The van der Waals surface area contributed by atoms with E-state index in [2.05, 4.69) is 20.6 Å². The van der Waals surface area contributed by atoms with Crippen LogP contribution in [0.4, 0.5) is 11.6 Å². The number of aromatic nitrogens is 2. The fraction of sp³-hybridized carbons (Fsp3) is 0.312. The number of anilines is 2. The third-order valence-corrected chi connectivity index (χ3v) is 4.33. The minimum Gasteiger partial charge on any atom is -0.464 e. The molecule has 0 unspecified atom stereocenters. The normalized spacial score (nSPS) is 11.0. The van der Waals surface area contributed by atoms with Gasteiger partial charge in [0.15, 0.2) is 0 Å². The van der Waals surface area contributed by atoms with E-state index in [1.165, 1.54) is 18.3 Å². The Kier molecular flexibility index (Phi) is 6.47. The van der Waals surface area contributed by atoms with Crippen molar-refractivity contribution in [1.82, 2.24) is 9.97 Å². The molecule has 5 N–H and O–H groups in total. The van der Waals surface area contributed by atoms with Crippen LogP contribution in [0.5, 0.6) is 6.01 Å². The van der Waals surface area contributed by atoms with Gasteiger partial charge in [0, 0.05) is 19.3 Å². The van der Waals surface area contributed by atoms with Crippen LogP contribution in [-0.2, 0) is 16.6 Å². The summed E-state index contributed by atoms with van der Waals surface area (Å²) in [5, 5.41) is 19.0. The zero-order valence-corrected chi connectivity index (χ0v) is 15.4. The summed E-state index contributed by atoms with van der Waals surface area (Å²) in [5.74, 6) is 0.956. The van der Waals surface area contributed by atoms with Gasteiger partial charge in [-0.1, -0.05) is 12.1 Å². The fourth-order valence-corrected chi connectivity index (χ4v) is 2.71. The van der Waals surface area contributed by atoms with Crippen LogP contribution in [0.3, 0.4) is 0 Å². The summed E-state index contributed by atoms with van der Waals surface area (Å²) < 4.78 is 28.0. The molecular weight excluding hydrogens is 356 g/mol. The molecule has 9 nitrogen and oxygen atoms in total. The number of nitrogens with zero attached hydrogens (tertiary/aromatic N) is 2. The van der Waals surface area contributed by atoms with Crippen LogP contribution in [0.1, 0.15) is 25.0 Å². The van der Waals surface area contributed by atoms with Gasteiger partial charge in [-0.25, -0.2) is 13.6 Å². The van der Waals surface area contributed by atoms with E-state index >= 15 is 0 Å². The summed E-state index contributed by atoms with van der Waals surface area (Å²) in [4.78, 5) is 8.61.